The van der Waals surface area contributed by atoms with Crippen LogP contribution in [-0.4, -0.2) is 52.5 Å². The third-order valence-corrected chi connectivity index (χ3v) is 5.36. The highest BCUT2D eigenvalue weighted by molar-refractivity contribution is 7.92. The molecule has 1 amide bonds. The van der Waals surface area contributed by atoms with E-state index in [4.69, 9.17) is 14.2 Å². The Labute approximate surface area is 134 Å². The van der Waals surface area contributed by atoms with Crippen molar-refractivity contribution in [3.05, 3.63) is 18.2 Å². The molecule has 1 saturated heterocycles. The molecule has 2 aliphatic rings. The van der Waals surface area contributed by atoms with Crippen molar-refractivity contribution < 1.29 is 27.4 Å². The van der Waals surface area contributed by atoms with E-state index in [0.717, 1.165) is 12.8 Å². The van der Waals surface area contributed by atoms with E-state index in [1.807, 2.05) is 0 Å². The number of nitrogens with one attached hydrogen (secondary N) is 1. The van der Waals surface area contributed by atoms with Crippen molar-refractivity contribution in [2.45, 2.75) is 23.8 Å². The quantitative estimate of drug-likeness (QED) is 0.840. The normalized spacial score (nSPS) is 20.3. The maximum atomic E-state index is 12.3. The van der Waals surface area contributed by atoms with E-state index >= 15 is 0 Å². The lowest BCUT2D eigenvalue weighted by Crippen LogP contribution is -2.35. The number of hydrogen-bond donors (Lipinski definition) is 1. The van der Waals surface area contributed by atoms with Crippen LogP contribution in [-0.2, 0) is 19.4 Å². The molecule has 0 aromatic heterocycles. The van der Waals surface area contributed by atoms with E-state index in [9.17, 15) is 13.2 Å². The molecular formula is C15H19NO6S. The van der Waals surface area contributed by atoms with E-state index in [2.05, 4.69) is 5.32 Å². The van der Waals surface area contributed by atoms with Crippen molar-refractivity contribution >= 4 is 15.7 Å². The summed E-state index contributed by atoms with van der Waals surface area (Å²) in [4.78, 5) is 11.9. The SMILES string of the molecule is O=C(CS(=O)(=O)c1ccc2c(c1)OCCO2)NCC1CCCO1. The van der Waals surface area contributed by atoms with Gasteiger partial charge < -0.3 is 19.5 Å². The first-order valence-electron chi connectivity index (χ1n) is 7.55. The first kappa shape index (κ1) is 16.1. The Balaban J connectivity index is 1.62. The first-order chi connectivity index (χ1) is 11.0. The molecule has 1 atom stereocenters. The number of carbonyl (C=O) groups is 1. The minimum Gasteiger partial charge on any atom is -0.486 e. The van der Waals surface area contributed by atoms with Gasteiger partial charge in [0.25, 0.3) is 0 Å². The van der Waals surface area contributed by atoms with Crippen molar-refractivity contribution in [2.24, 2.45) is 0 Å². The van der Waals surface area contributed by atoms with E-state index in [1.165, 1.54) is 12.1 Å². The van der Waals surface area contributed by atoms with Crippen LogP contribution in [0.5, 0.6) is 11.5 Å². The summed E-state index contributed by atoms with van der Waals surface area (Å²) < 4.78 is 40.8. The standard InChI is InChI=1S/C15H19NO6S/c17-15(16-9-11-2-1-5-20-11)10-23(18,19)12-3-4-13-14(8-12)22-7-6-21-13/h3-4,8,11H,1-2,5-7,9-10H2,(H,16,17). The van der Waals surface area contributed by atoms with Gasteiger partial charge >= 0.3 is 0 Å². The monoisotopic (exact) mass is 341 g/mol. The molecule has 2 aliphatic heterocycles. The summed E-state index contributed by atoms with van der Waals surface area (Å²) in [7, 11) is -3.73. The Hall–Kier alpha value is -1.80. The number of carbonyl (C=O) groups excluding carboxylic acids is 1. The Kier molecular flexibility index (Phi) is 4.72. The van der Waals surface area contributed by atoms with Gasteiger partial charge in [-0.05, 0) is 25.0 Å². The zero-order valence-corrected chi connectivity index (χ0v) is 13.4. The summed E-state index contributed by atoms with van der Waals surface area (Å²) in [6.45, 7) is 1.84. The molecule has 1 aromatic rings. The predicted octanol–water partition coefficient (Wildman–Crippen LogP) is 0.527. The van der Waals surface area contributed by atoms with Crippen molar-refractivity contribution in [1.82, 2.24) is 5.32 Å². The second-order valence-corrected chi connectivity index (χ2v) is 7.49. The van der Waals surface area contributed by atoms with Crippen LogP contribution in [0.1, 0.15) is 12.8 Å². The molecule has 1 aromatic carbocycles. The van der Waals surface area contributed by atoms with Gasteiger partial charge in [0.05, 0.1) is 11.0 Å². The molecule has 23 heavy (non-hydrogen) atoms. The molecule has 2 heterocycles. The maximum Gasteiger partial charge on any atom is 0.235 e. The average Bonchev–Trinajstić information content (AvgIpc) is 3.05. The Morgan fingerprint density at radius 1 is 1.17 bits per heavy atom. The molecular weight excluding hydrogens is 322 g/mol. The van der Waals surface area contributed by atoms with Gasteiger partial charge in [0.1, 0.15) is 19.0 Å². The van der Waals surface area contributed by atoms with Crippen LogP contribution in [0.2, 0.25) is 0 Å². The fourth-order valence-corrected chi connectivity index (χ4v) is 3.73. The van der Waals surface area contributed by atoms with Gasteiger partial charge in [-0.3, -0.25) is 4.79 Å². The Morgan fingerprint density at radius 2 is 1.96 bits per heavy atom. The molecule has 8 heteroatoms. The number of amides is 1. The summed E-state index contributed by atoms with van der Waals surface area (Å²) in [6, 6.07) is 4.37. The number of rotatable bonds is 5. The molecule has 0 aliphatic carbocycles. The van der Waals surface area contributed by atoms with Gasteiger partial charge in [-0.1, -0.05) is 0 Å². The molecule has 0 spiro atoms. The van der Waals surface area contributed by atoms with Crippen LogP contribution < -0.4 is 14.8 Å². The van der Waals surface area contributed by atoms with E-state index in [1.54, 1.807) is 6.07 Å². The summed E-state index contributed by atoms with van der Waals surface area (Å²) >= 11 is 0. The van der Waals surface area contributed by atoms with E-state index in [-0.39, 0.29) is 11.0 Å². The third-order valence-electron chi connectivity index (χ3n) is 3.74. The molecule has 126 valence electrons. The van der Waals surface area contributed by atoms with E-state index in [0.29, 0.717) is 37.9 Å². The van der Waals surface area contributed by atoms with Crippen LogP contribution in [0.3, 0.4) is 0 Å². The van der Waals surface area contributed by atoms with Gasteiger partial charge in [0, 0.05) is 19.2 Å². The smallest absolute Gasteiger partial charge is 0.235 e. The van der Waals surface area contributed by atoms with E-state index < -0.39 is 21.5 Å². The topological polar surface area (TPSA) is 90.9 Å². The predicted molar refractivity (Wildman–Crippen MR) is 81.5 cm³/mol. The van der Waals surface area contributed by atoms with Gasteiger partial charge in [-0.15, -0.1) is 0 Å². The summed E-state index contributed by atoms with van der Waals surface area (Å²) in [6.07, 6.45) is 1.83. The highest BCUT2D eigenvalue weighted by Gasteiger charge is 2.23. The molecule has 0 radical (unpaired) electrons. The third kappa shape index (κ3) is 3.94. The van der Waals surface area contributed by atoms with Crippen molar-refractivity contribution in [3.8, 4) is 11.5 Å². The first-order valence-corrected chi connectivity index (χ1v) is 9.20. The fraction of sp³-hybridized carbons (Fsp3) is 0.533. The number of sulfone groups is 1. The largest absolute Gasteiger partial charge is 0.486 e. The van der Waals surface area contributed by atoms with Crippen molar-refractivity contribution in [2.75, 3.05) is 32.1 Å². The molecule has 0 bridgehead atoms. The van der Waals surface area contributed by atoms with Crippen LogP contribution in [0.4, 0.5) is 0 Å². The maximum absolute atomic E-state index is 12.3. The van der Waals surface area contributed by atoms with Crippen LogP contribution in [0, 0.1) is 0 Å². The van der Waals surface area contributed by atoms with Crippen LogP contribution in [0.25, 0.3) is 0 Å². The van der Waals surface area contributed by atoms with Gasteiger partial charge in [0.2, 0.25) is 5.91 Å². The molecule has 1 N–H and O–H groups in total. The second-order valence-electron chi connectivity index (χ2n) is 5.50. The molecule has 0 saturated carbocycles. The number of ether oxygens (including phenoxy) is 3. The zero-order chi connectivity index (χ0) is 16.3. The summed E-state index contributed by atoms with van der Waals surface area (Å²) in [5, 5.41) is 2.61. The van der Waals surface area contributed by atoms with Gasteiger partial charge in [-0.2, -0.15) is 0 Å². The lowest BCUT2D eigenvalue weighted by atomic mass is 10.2. The lowest BCUT2D eigenvalue weighted by Gasteiger charge is -2.18. The molecule has 3 rings (SSSR count). The number of fused-ring (bicyclic) bond motifs is 1. The Bertz CT molecular complexity index is 681. The number of hydrogen-bond acceptors (Lipinski definition) is 6. The highest BCUT2D eigenvalue weighted by Crippen LogP contribution is 2.32. The van der Waals surface area contributed by atoms with Crippen molar-refractivity contribution in [3.63, 3.8) is 0 Å². The lowest BCUT2D eigenvalue weighted by molar-refractivity contribution is -0.119. The Morgan fingerprint density at radius 3 is 2.70 bits per heavy atom. The van der Waals surface area contributed by atoms with Gasteiger partial charge in [0.15, 0.2) is 21.3 Å². The minimum atomic E-state index is -3.73. The average molecular weight is 341 g/mol. The highest BCUT2D eigenvalue weighted by atomic mass is 32.2. The van der Waals surface area contributed by atoms with Crippen LogP contribution in [0.15, 0.2) is 23.1 Å². The molecule has 7 nitrogen and oxygen atoms in total. The van der Waals surface area contributed by atoms with Crippen LogP contribution >= 0.6 is 0 Å². The minimum absolute atomic E-state index is 0.0176. The molecule has 1 unspecified atom stereocenters. The fourth-order valence-electron chi connectivity index (χ4n) is 2.56. The molecule has 1 fully saturated rings. The summed E-state index contributed by atoms with van der Waals surface area (Å²) in [5.41, 5.74) is 0. The van der Waals surface area contributed by atoms with Crippen molar-refractivity contribution in [1.29, 1.82) is 0 Å². The second kappa shape index (κ2) is 6.76. The number of benzene rings is 1. The summed E-state index contributed by atoms with van der Waals surface area (Å²) in [5.74, 6) is -0.232. The van der Waals surface area contributed by atoms with Gasteiger partial charge in [-0.25, -0.2) is 8.42 Å². The zero-order valence-electron chi connectivity index (χ0n) is 12.6.